The van der Waals surface area contributed by atoms with Crippen LogP contribution in [0, 0.1) is 29.1 Å². The van der Waals surface area contributed by atoms with Crippen LogP contribution in [0.4, 0.5) is 0 Å². The molecule has 3 nitrogen and oxygen atoms in total. The first kappa shape index (κ1) is 20.3. The van der Waals surface area contributed by atoms with Gasteiger partial charge in [-0.15, -0.1) is 0 Å². The van der Waals surface area contributed by atoms with Crippen LogP contribution in [0.1, 0.15) is 51.4 Å². The molecule has 2 heterocycles. The molecule has 1 aromatic heterocycles. The lowest BCUT2D eigenvalue weighted by Crippen LogP contribution is -2.58. The fraction of sp³-hybridized carbons (Fsp3) is 0.567. The molecule has 2 aromatic carbocycles. The van der Waals surface area contributed by atoms with Crippen LogP contribution in [-0.2, 0) is 11.3 Å². The minimum absolute atomic E-state index is 0.167. The summed E-state index contributed by atoms with van der Waals surface area (Å²) < 4.78 is 2.56. The minimum atomic E-state index is 0.167. The lowest BCUT2D eigenvalue weighted by atomic mass is 9.47. The minimum Gasteiger partial charge on any atom is -0.340 e. The van der Waals surface area contributed by atoms with Crippen LogP contribution in [0.5, 0.6) is 0 Å². The Kier molecular flexibility index (Phi) is 4.73. The number of nitrogens with zero attached hydrogens (tertiary/aromatic N) is 2. The molecule has 5 fully saturated rings. The maximum atomic E-state index is 12.5. The lowest BCUT2D eigenvalue weighted by molar-refractivity contribution is -0.134. The summed E-state index contributed by atoms with van der Waals surface area (Å²) in [5, 5.41) is 2.74. The Morgan fingerprint density at radius 2 is 1.33 bits per heavy atom. The number of para-hydroxylation sites is 2. The first-order valence-corrected chi connectivity index (χ1v) is 13.4. The van der Waals surface area contributed by atoms with E-state index in [9.17, 15) is 4.79 Å². The maximum Gasteiger partial charge on any atom is 0.137 e. The van der Waals surface area contributed by atoms with Crippen LogP contribution in [0.25, 0.3) is 21.8 Å². The number of carbonyl (C=O) groups excluding carboxylic acids is 1. The predicted molar refractivity (Wildman–Crippen MR) is 134 cm³/mol. The summed E-state index contributed by atoms with van der Waals surface area (Å²) in [5.74, 6) is 3.41. The number of fused-ring (bicyclic) bond motifs is 3. The summed E-state index contributed by atoms with van der Waals surface area (Å²) in [5.41, 5.74) is 3.02. The van der Waals surface area contributed by atoms with Crippen molar-refractivity contribution in [3.63, 3.8) is 0 Å². The van der Waals surface area contributed by atoms with Crippen molar-refractivity contribution in [3.8, 4) is 0 Å². The Balaban J connectivity index is 1.10. The van der Waals surface area contributed by atoms with Crippen molar-refractivity contribution in [2.75, 3.05) is 13.1 Å². The van der Waals surface area contributed by atoms with Gasteiger partial charge in [-0.3, -0.25) is 4.90 Å². The topological polar surface area (TPSA) is 25.2 Å². The van der Waals surface area contributed by atoms with Gasteiger partial charge in [-0.1, -0.05) is 36.4 Å². The number of aldehydes is 1. The van der Waals surface area contributed by atoms with Gasteiger partial charge in [0.15, 0.2) is 0 Å². The molecule has 4 bridgehead atoms. The molecular formula is C30H36N2O. The first-order valence-electron chi connectivity index (χ1n) is 13.4. The zero-order valence-electron chi connectivity index (χ0n) is 19.7. The van der Waals surface area contributed by atoms with Crippen molar-refractivity contribution in [2.45, 2.75) is 64.0 Å². The van der Waals surface area contributed by atoms with E-state index in [1.165, 1.54) is 79.5 Å². The number of hydrogen-bond donors (Lipinski definition) is 0. The fourth-order valence-corrected chi connectivity index (χ4v) is 9.03. The van der Waals surface area contributed by atoms with E-state index < -0.39 is 0 Å². The van der Waals surface area contributed by atoms with Crippen molar-refractivity contribution >= 4 is 28.1 Å². The molecule has 1 saturated heterocycles. The Hall–Kier alpha value is -2.13. The summed E-state index contributed by atoms with van der Waals surface area (Å²) >= 11 is 0. The van der Waals surface area contributed by atoms with Crippen molar-refractivity contribution in [1.29, 1.82) is 0 Å². The monoisotopic (exact) mass is 440 g/mol. The second-order valence-corrected chi connectivity index (χ2v) is 12.0. The molecule has 33 heavy (non-hydrogen) atoms. The summed E-state index contributed by atoms with van der Waals surface area (Å²) in [6, 6.07) is 17.9. The van der Waals surface area contributed by atoms with E-state index in [2.05, 4.69) is 58.0 Å². The number of carbonyl (C=O) groups is 1. The molecule has 0 N–H and O–H groups in total. The molecule has 5 aliphatic rings. The Morgan fingerprint density at radius 1 is 0.818 bits per heavy atom. The largest absolute Gasteiger partial charge is 0.340 e. The molecule has 3 aromatic rings. The first-order chi connectivity index (χ1) is 16.2. The number of benzene rings is 2. The molecular weight excluding hydrogens is 404 g/mol. The van der Waals surface area contributed by atoms with Gasteiger partial charge in [0.1, 0.15) is 6.29 Å². The zero-order chi connectivity index (χ0) is 22.0. The van der Waals surface area contributed by atoms with Crippen LogP contribution in [0.2, 0.25) is 0 Å². The van der Waals surface area contributed by atoms with E-state index >= 15 is 0 Å². The van der Waals surface area contributed by atoms with E-state index in [4.69, 9.17) is 0 Å². The molecule has 172 valence electrons. The summed E-state index contributed by atoms with van der Waals surface area (Å²) in [4.78, 5) is 15.1. The van der Waals surface area contributed by atoms with E-state index in [0.29, 0.717) is 11.3 Å². The van der Waals surface area contributed by atoms with Crippen molar-refractivity contribution in [3.05, 3.63) is 48.5 Å². The molecule has 1 atom stereocenters. The van der Waals surface area contributed by atoms with Crippen molar-refractivity contribution in [2.24, 2.45) is 29.1 Å². The number of hydrogen-bond acceptors (Lipinski definition) is 2. The SMILES string of the molecule is O=CC(N1CCC(Cn2c3ccccc3c3ccccc32)CC1)C12CC3CC(CC(C3)C1)C2. The van der Waals surface area contributed by atoms with Crippen molar-refractivity contribution < 1.29 is 4.79 Å². The molecule has 3 heteroatoms. The van der Waals surface area contributed by atoms with Gasteiger partial charge in [-0.05, 0) is 106 Å². The van der Waals surface area contributed by atoms with E-state index in [1.807, 2.05) is 0 Å². The highest BCUT2D eigenvalue weighted by Crippen LogP contribution is 2.61. The molecule has 0 radical (unpaired) electrons. The molecule has 0 amide bonds. The Labute approximate surface area is 197 Å². The van der Waals surface area contributed by atoms with Gasteiger partial charge >= 0.3 is 0 Å². The van der Waals surface area contributed by atoms with E-state index in [-0.39, 0.29) is 6.04 Å². The van der Waals surface area contributed by atoms with Crippen LogP contribution in [-0.4, -0.2) is 34.9 Å². The third-order valence-electron chi connectivity index (χ3n) is 10.0. The quantitative estimate of drug-likeness (QED) is 0.436. The standard InChI is InChI=1S/C30H36N2O/c33-20-29(30-16-22-13-23(17-30)15-24(14-22)18-30)31-11-9-21(10-12-31)19-32-27-7-3-1-5-25(27)26-6-2-4-8-28(26)32/h1-8,20-24,29H,9-19H2. The van der Waals surface area contributed by atoms with Gasteiger partial charge in [-0.2, -0.15) is 0 Å². The third kappa shape index (κ3) is 3.22. The molecule has 1 unspecified atom stereocenters. The smallest absolute Gasteiger partial charge is 0.137 e. The zero-order valence-corrected chi connectivity index (χ0v) is 19.7. The van der Waals surface area contributed by atoms with Crippen molar-refractivity contribution in [1.82, 2.24) is 9.47 Å². The van der Waals surface area contributed by atoms with Crippen LogP contribution in [0.15, 0.2) is 48.5 Å². The van der Waals surface area contributed by atoms with E-state index in [0.717, 1.165) is 37.4 Å². The highest BCUT2D eigenvalue weighted by atomic mass is 16.1. The second-order valence-electron chi connectivity index (χ2n) is 12.0. The number of likely N-dealkylation sites (tertiary alicyclic amines) is 1. The summed E-state index contributed by atoms with van der Waals surface area (Å²) in [6.07, 6.45) is 12.1. The summed E-state index contributed by atoms with van der Waals surface area (Å²) in [7, 11) is 0. The van der Waals surface area contributed by atoms with Gasteiger partial charge in [0.25, 0.3) is 0 Å². The lowest BCUT2D eigenvalue weighted by Gasteiger charge is -2.60. The molecule has 0 spiro atoms. The van der Waals surface area contributed by atoms with E-state index in [1.54, 1.807) is 0 Å². The Bertz CT molecular complexity index is 1100. The highest BCUT2D eigenvalue weighted by Gasteiger charge is 2.55. The number of aromatic nitrogens is 1. The molecule has 4 saturated carbocycles. The maximum absolute atomic E-state index is 12.5. The number of piperidine rings is 1. The molecule has 4 aliphatic carbocycles. The van der Waals surface area contributed by atoms with Gasteiger partial charge < -0.3 is 9.36 Å². The molecule has 8 rings (SSSR count). The van der Waals surface area contributed by atoms with Gasteiger partial charge in [0.05, 0.1) is 6.04 Å². The fourth-order valence-electron chi connectivity index (χ4n) is 9.03. The van der Waals surface area contributed by atoms with Crippen LogP contribution < -0.4 is 0 Å². The van der Waals surface area contributed by atoms with Gasteiger partial charge in [-0.25, -0.2) is 0 Å². The van der Waals surface area contributed by atoms with Crippen LogP contribution in [0.3, 0.4) is 0 Å². The third-order valence-corrected chi connectivity index (χ3v) is 10.0. The number of rotatable bonds is 5. The van der Waals surface area contributed by atoms with Gasteiger partial charge in [0, 0.05) is 28.4 Å². The average Bonchev–Trinajstić information content (AvgIpc) is 3.13. The second kappa shape index (κ2) is 7.70. The van der Waals surface area contributed by atoms with Crippen LogP contribution >= 0.6 is 0 Å². The summed E-state index contributed by atoms with van der Waals surface area (Å²) in [6.45, 7) is 3.27. The normalized spacial score (nSPS) is 33.2. The Morgan fingerprint density at radius 3 is 1.85 bits per heavy atom. The van der Waals surface area contributed by atoms with Gasteiger partial charge in [0.2, 0.25) is 0 Å². The predicted octanol–water partition coefficient (Wildman–Crippen LogP) is 6.29. The average molecular weight is 441 g/mol. The molecule has 1 aliphatic heterocycles. The highest BCUT2D eigenvalue weighted by molar-refractivity contribution is 6.07.